The molecule has 2 heteroatoms. The molecule has 0 radical (unpaired) electrons. The van der Waals surface area contributed by atoms with E-state index in [0.29, 0.717) is 5.92 Å². The van der Waals surface area contributed by atoms with Crippen LogP contribution in [0.25, 0.3) is 11.1 Å². The third-order valence-corrected chi connectivity index (χ3v) is 5.61. The molecule has 4 rings (SSSR count). The van der Waals surface area contributed by atoms with Crippen LogP contribution in [0.5, 0.6) is 0 Å². The molecule has 164 valence electrons. The Bertz CT molecular complexity index is 986. The molecule has 0 aromatic heterocycles. The number of nitrogens with one attached hydrogen (secondary N) is 1. The highest BCUT2D eigenvalue weighted by atomic mass is 19.1. The first-order valence-electron chi connectivity index (χ1n) is 11.3. The van der Waals surface area contributed by atoms with Gasteiger partial charge in [0.15, 0.2) is 0 Å². The smallest absolute Gasteiger partial charge is 0.123 e. The summed E-state index contributed by atoms with van der Waals surface area (Å²) < 4.78 is 12.8. The van der Waals surface area contributed by atoms with Crippen molar-refractivity contribution >= 4 is 0 Å². The summed E-state index contributed by atoms with van der Waals surface area (Å²) >= 11 is 0. The van der Waals surface area contributed by atoms with Gasteiger partial charge < -0.3 is 5.32 Å². The van der Waals surface area contributed by atoms with Crippen molar-refractivity contribution in [2.45, 2.75) is 39.3 Å². The monoisotopic (exact) mass is 425 g/mol. The first kappa shape index (κ1) is 23.4. The van der Waals surface area contributed by atoms with E-state index in [1.165, 1.54) is 28.8 Å². The molecular formula is C30H32FN. The van der Waals surface area contributed by atoms with Gasteiger partial charge >= 0.3 is 0 Å². The Morgan fingerprint density at radius 1 is 0.625 bits per heavy atom. The zero-order chi connectivity index (χ0) is 22.6. The molecule has 4 aromatic rings. The lowest BCUT2D eigenvalue weighted by atomic mass is 9.96. The molecule has 0 heterocycles. The first-order chi connectivity index (χ1) is 15.7. The van der Waals surface area contributed by atoms with Crippen molar-refractivity contribution in [3.63, 3.8) is 0 Å². The van der Waals surface area contributed by atoms with Gasteiger partial charge in [-0.25, -0.2) is 4.39 Å². The van der Waals surface area contributed by atoms with Crippen molar-refractivity contribution in [1.29, 1.82) is 0 Å². The summed E-state index contributed by atoms with van der Waals surface area (Å²) in [5.74, 6) is 0.405. The Morgan fingerprint density at radius 2 is 1.06 bits per heavy atom. The van der Waals surface area contributed by atoms with Gasteiger partial charge in [-0.05, 0) is 52.3 Å². The summed E-state index contributed by atoms with van der Waals surface area (Å²) in [5, 5.41) is 3.42. The number of halogens is 1. The van der Waals surface area contributed by atoms with Crippen LogP contribution in [0.15, 0.2) is 109 Å². The maximum Gasteiger partial charge on any atom is 0.123 e. The van der Waals surface area contributed by atoms with E-state index in [4.69, 9.17) is 0 Å². The molecule has 1 N–H and O–H groups in total. The van der Waals surface area contributed by atoms with Crippen molar-refractivity contribution in [2.75, 3.05) is 0 Å². The van der Waals surface area contributed by atoms with E-state index in [9.17, 15) is 4.39 Å². The van der Waals surface area contributed by atoms with Gasteiger partial charge in [-0.2, -0.15) is 0 Å². The Balaban J connectivity index is 0.000000182. The van der Waals surface area contributed by atoms with E-state index in [2.05, 4.69) is 92.0 Å². The van der Waals surface area contributed by atoms with Gasteiger partial charge in [0, 0.05) is 13.1 Å². The third kappa shape index (κ3) is 7.47. The summed E-state index contributed by atoms with van der Waals surface area (Å²) in [7, 11) is 0. The summed E-state index contributed by atoms with van der Waals surface area (Å²) in [4.78, 5) is 0. The quantitative estimate of drug-likeness (QED) is 0.316. The summed E-state index contributed by atoms with van der Waals surface area (Å²) in [6.07, 6.45) is 1.15. The molecule has 0 fully saturated rings. The van der Waals surface area contributed by atoms with Crippen molar-refractivity contribution in [1.82, 2.24) is 5.32 Å². The number of hydrogen-bond acceptors (Lipinski definition) is 1. The van der Waals surface area contributed by atoms with Crippen LogP contribution in [0.2, 0.25) is 0 Å². The molecule has 1 unspecified atom stereocenters. The van der Waals surface area contributed by atoms with Crippen LogP contribution < -0.4 is 5.32 Å². The number of benzene rings is 4. The Hall–Kier alpha value is -3.23. The van der Waals surface area contributed by atoms with Crippen LogP contribution >= 0.6 is 0 Å². The summed E-state index contributed by atoms with van der Waals surface area (Å²) in [6, 6.07) is 36.1. The standard InChI is InChI=1S/C16H17F.C14H15N/c1-3-12(2)13-4-6-14(7-5-13)15-8-10-16(17)11-9-15;1-3-7-13(8-4-1)11-15-12-14-9-5-2-6-10-14/h4-12H,3H2,1-2H3;1-10,15H,11-12H2. The van der Waals surface area contributed by atoms with Gasteiger partial charge in [-0.3, -0.25) is 0 Å². The van der Waals surface area contributed by atoms with Crippen LogP contribution in [0.3, 0.4) is 0 Å². The first-order valence-corrected chi connectivity index (χ1v) is 11.3. The van der Waals surface area contributed by atoms with Crippen LogP contribution in [-0.4, -0.2) is 0 Å². The zero-order valence-corrected chi connectivity index (χ0v) is 19.0. The lowest BCUT2D eigenvalue weighted by Crippen LogP contribution is -2.12. The van der Waals surface area contributed by atoms with Gasteiger partial charge in [0.25, 0.3) is 0 Å². The van der Waals surface area contributed by atoms with E-state index < -0.39 is 0 Å². The van der Waals surface area contributed by atoms with Crippen LogP contribution in [0.1, 0.15) is 42.9 Å². The Kier molecular flexibility index (Phi) is 9.21. The maximum absolute atomic E-state index is 12.8. The molecule has 0 spiro atoms. The fraction of sp³-hybridized carbons (Fsp3) is 0.200. The highest BCUT2D eigenvalue weighted by Gasteiger charge is 2.03. The predicted molar refractivity (Wildman–Crippen MR) is 134 cm³/mol. The van der Waals surface area contributed by atoms with E-state index in [0.717, 1.165) is 30.6 Å². The van der Waals surface area contributed by atoms with Gasteiger partial charge in [-0.1, -0.05) is 111 Å². The number of rotatable bonds is 7. The second-order valence-corrected chi connectivity index (χ2v) is 8.01. The molecule has 0 saturated carbocycles. The summed E-state index contributed by atoms with van der Waals surface area (Å²) in [6.45, 7) is 6.27. The van der Waals surface area contributed by atoms with E-state index in [1.54, 1.807) is 0 Å². The largest absolute Gasteiger partial charge is 0.309 e. The molecule has 1 nitrogen and oxygen atoms in total. The molecular weight excluding hydrogens is 393 g/mol. The minimum absolute atomic E-state index is 0.190. The predicted octanol–water partition coefficient (Wildman–Crippen LogP) is 7.98. The SMILES string of the molecule is CCC(C)c1ccc(-c2ccc(F)cc2)cc1.c1ccc(CNCc2ccccc2)cc1. The van der Waals surface area contributed by atoms with Gasteiger partial charge in [0.05, 0.1) is 0 Å². The topological polar surface area (TPSA) is 12.0 Å². The lowest BCUT2D eigenvalue weighted by Gasteiger charge is -2.09. The van der Waals surface area contributed by atoms with Crippen LogP contribution in [0, 0.1) is 5.82 Å². The summed E-state index contributed by atoms with van der Waals surface area (Å²) in [5.41, 5.74) is 6.21. The molecule has 0 aliphatic carbocycles. The van der Waals surface area contributed by atoms with Gasteiger partial charge in [0.2, 0.25) is 0 Å². The molecule has 1 atom stereocenters. The van der Waals surface area contributed by atoms with E-state index >= 15 is 0 Å². The average molecular weight is 426 g/mol. The Morgan fingerprint density at radius 3 is 1.50 bits per heavy atom. The number of hydrogen-bond donors (Lipinski definition) is 1. The van der Waals surface area contributed by atoms with E-state index in [-0.39, 0.29) is 5.82 Å². The fourth-order valence-corrected chi connectivity index (χ4v) is 3.43. The Labute approximate surface area is 192 Å². The molecule has 0 aliphatic rings. The molecule has 0 bridgehead atoms. The molecule has 0 aliphatic heterocycles. The van der Waals surface area contributed by atoms with Gasteiger partial charge in [0.1, 0.15) is 5.82 Å². The van der Waals surface area contributed by atoms with Crippen molar-refractivity contribution in [3.8, 4) is 11.1 Å². The lowest BCUT2D eigenvalue weighted by molar-refractivity contribution is 0.628. The van der Waals surface area contributed by atoms with Crippen molar-refractivity contribution in [2.24, 2.45) is 0 Å². The average Bonchev–Trinajstić information content (AvgIpc) is 2.86. The highest BCUT2D eigenvalue weighted by Crippen LogP contribution is 2.24. The molecule has 32 heavy (non-hydrogen) atoms. The maximum atomic E-state index is 12.8. The second-order valence-electron chi connectivity index (χ2n) is 8.01. The van der Waals surface area contributed by atoms with Crippen molar-refractivity contribution < 1.29 is 4.39 Å². The molecule has 0 amide bonds. The van der Waals surface area contributed by atoms with E-state index in [1.807, 2.05) is 24.3 Å². The zero-order valence-electron chi connectivity index (χ0n) is 19.0. The van der Waals surface area contributed by atoms with Crippen molar-refractivity contribution in [3.05, 3.63) is 132 Å². The highest BCUT2D eigenvalue weighted by molar-refractivity contribution is 5.63. The minimum atomic E-state index is -0.190. The van der Waals surface area contributed by atoms with Crippen LogP contribution in [-0.2, 0) is 13.1 Å². The van der Waals surface area contributed by atoms with Crippen LogP contribution in [0.4, 0.5) is 4.39 Å². The minimum Gasteiger partial charge on any atom is -0.309 e. The third-order valence-electron chi connectivity index (χ3n) is 5.61. The second kappa shape index (κ2) is 12.6. The normalized spacial score (nSPS) is 11.3. The fourth-order valence-electron chi connectivity index (χ4n) is 3.43. The molecule has 0 saturated heterocycles. The van der Waals surface area contributed by atoms with Gasteiger partial charge in [-0.15, -0.1) is 0 Å². The molecule has 4 aromatic carbocycles.